The van der Waals surface area contributed by atoms with Crippen LogP contribution in [-0.2, 0) is 0 Å². The molecule has 0 spiro atoms. The van der Waals surface area contributed by atoms with Gasteiger partial charge in [0.15, 0.2) is 0 Å². The monoisotopic (exact) mass is 232 g/mol. The zero-order valence-corrected chi connectivity index (χ0v) is 11.1. The van der Waals surface area contributed by atoms with E-state index in [2.05, 4.69) is 25.1 Å². The summed E-state index contributed by atoms with van der Waals surface area (Å²) in [5.41, 5.74) is 2.76. The summed E-state index contributed by atoms with van der Waals surface area (Å²) >= 11 is 0. The number of rotatable bonds is 5. The lowest BCUT2D eigenvalue weighted by atomic mass is 10.1. The van der Waals surface area contributed by atoms with Crippen LogP contribution in [0.25, 0.3) is 0 Å². The molecule has 3 heteroatoms. The number of benzene rings is 1. The van der Waals surface area contributed by atoms with Gasteiger partial charge in [-0.25, -0.2) is 0 Å². The fraction of sp³-hybridized carbons (Fsp3) is 0.500. The molecule has 17 heavy (non-hydrogen) atoms. The molecule has 92 valence electrons. The van der Waals surface area contributed by atoms with Crippen LogP contribution in [0, 0.1) is 25.2 Å². The molecular formula is C14H20N2O. The molecule has 0 saturated carbocycles. The third kappa shape index (κ3) is 4.08. The van der Waals surface area contributed by atoms with Gasteiger partial charge in [0.1, 0.15) is 5.75 Å². The van der Waals surface area contributed by atoms with Crippen LogP contribution in [0.1, 0.15) is 23.1 Å². The molecule has 0 fully saturated rings. The highest BCUT2D eigenvalue weighted by Crippen LogP contribution is 2.24. The second-order valence-corrected chi connectivity index (χ2v) is 4.56. The normalized spacial score (nSPS) is 10.4. The van der Waals surface area contributed by atoms with Crippen molar-refractivity contribution in [3.8, 4) is 11.8 Å². The largest absolute Gasteiger partial charge is 0.493 e. The van der Waals surface area contributed by atoms with E-state index in [1.54, 1.807) is 0 Å². The maximum absolute atomic E-state index is 8.86. The second-order valence-electron chi connectivity index (χ2n) is 4.56. The van der Waals surface area contributed by atoms with Gasteiger partial charge in [-0.3, -0.25) is 0 Å². The maximum atomic E-state index is 8.86. The first kappa shape index (κ1) is 13.5. The smallest absolute Gasteiger partial charge is 0.125 e. The van der Waals surface area contributed by atoms with Crippen LogP contribution in [0.2, 0.25) is 0 Å². The Balaban J connectivity index is 2.63. The van der Waals surface area contributed by atoms with Gasteiger partial charge in [-0.2, -0.15) is 5.26 Å². The fourth-order valence-electron chi connectivity index (χ4n) is 1.80. The number of nitrogens with zero attached hydrogens (tertiary/aromatic N) is 2. The first-order valence-electron chi connectivity index (χ1n) is 5.83. The summed E-state index contributed by atoms with van der Waals surface area (Å²) in [6.07, 6.45) is 1.01. The Morgan fingerprint density at radius 3 is 2.29 bits per heavy atom. The average molecular weight is 232 g/mol. The van der Waals surface area contributed by atoms with E-state index in [1.807, 2.05) is 26.0 Å². The van der Waals surface area contributed by atoms with Gasteiger partial charge in [-0.1, -0.05) is 0 Å². The molecule has 1 aromatic carbocycles. The van der Waals surface area contributed by atoms with Crippen molar-refractivity contribution in [1.82, 2.24) is 4.90 Å². The van der Waals surface area contributed by atoms with Crippen LogP contribution < -0.4 is 4.74 Å². The number of hydrogen-bond donors (Lipinski definition) is 0. The Kier molecular flexibility index (Phi) is 4.99. The van der Waals surface area contributed by atoms with Gasteiger partial charge in [-0.05, 0) is 57.6 Å². The first-order valence-corrected chi connectivity index (χ1v) is 5.83. The predicted octanol–water partition coefficient (Wildman–Crippen LogP) is 2.51. The summed E-state index contributed by atoms with van der Waals surface area (Å²) in [5.74, 6) is 0.919. The lowest BCUT2D eigenvalue weighted by Gasteiger charge is -2.14. The van der Waals surface area contributed by atoms with Crippen molar-refractivity contribution < 1.29 is 4.74 Å². The van der Waals surface area contributed by atoms with Gasteiger partial charge in [0.25, 0.3) is 0 Å². The van der Waals surface area contributed by atoms with E-state index >= 15 is 0 Å². The maximum Gasteiger partial charge on any atom is 0.125 e. The zero-order valence-electron chi connectivity index (χ0n) is 11.1. The molecule has 0 aliphatic carbocycles. The minimum absolute atomic E-state index is 0.695. The molecule has 3 nitrogen and oxygen atoms in total. The van der Waals surface area contributed by atoms with E-state index in [1.165, 1.54) is 0 Å². The Bertz CT molecular complexity index is 396. The highest BCUT2D eigenvalue weighted by molar-refractivity contribution is 5.47. The Hall–Kier alpha value is -1.53. The van der Waals surface area contributed by atoms with Crippen molar-refractivity contribution in [2.45, 2.75) is 20.3 Å². The highest BCUT2D eigenvalue weighted by Gasteiger charge is 2.06. The number of ether oxygens (including phenoxy) is 1. The molecule has 0 radical (unpaired) electrons. The van der Waals surface area contributed by atoms with Crippen LogP contribution in [0.5, 0.6) is 5.75 Å². The Morgan fingerprint density at radius 2 is 1.82 bits per heavy atom. The number of hydrogen-bond acceptors (Lipinski definition) is 3. The van der Waals surface area contributed by atoms with Crippen LogP contribution in [-0.4, -0.2) is 32.1 Å². The Labute approximate surface area is 104 Å². The molecule has 0 amide bonds. The molecular weight excluding hydrogens is 212 g/mol. The summed E-state index contributed by atoms with van der Waals surface area (Å²) in [6.45, 7) is 5.70. The van der Waals surface area contributed by atoms with E-state index < -0.39 is 0 Å². The lowest BCUT2D eigenvalue weighted by Crippen LogP contribution is -2.15. The van der Waals surface area contributed by atoms with Crippen molar-refractivity contribution >= 4 is 0 Å². The van der Waals surface area contributed by atoms with E-state index in [4.69, 9.17) is 10.00 Å². The molecule has 0 atom stereocenters. The average Bonchev–Trinajstić information content (AvgIpc) is 2.26. The number of nitriles is 1. The molecule has 0 aliphatic heterocycles. The summed E-state index contributed by atoms with van der Waals surface area (Å²) in [6, 6.07) is 5.89. The minimum atomic E-state index is 0.695. The summed E-state index contributed by atoms with van der Waals surface area (Å²) < 4.78 is 5.78. The zero-order chi connectivity index (χ0) is 12.8. The fourth-order valence-corrected chi connectivity index (χ4v) is 1.80. The molecule has 1 aromatic rings. The third-order valence-corrected chi connectivity index (χ3v) is 2.59. The Morgan fingerprint density at radius 1 is 1.24 bits per heavy atom. The molecule has 0 bridgehead atoms. The van der Waals surface area contributed by atoms with Crippen LogP contribution >= 0.6 is 0 Å². The molecule has 0 saturated heterocycles. The quantitative estimate of drug-likeness (QED) is 0.732. The summed E-state index contributed by atoms with van der Waals surface area (Å²) in [4.78, 5) is 2.14. The van der Waals surface area contributed by atoms with Gasteiger partial charge in [0, 0.05) is 6.54 Å². The molecule has 0 N–H and O–H groups in total. The van der Waals surface area contributed by atoms with Gasteiger partial charge < -0.3 is 9.64 Å². The van der Waals surface area contributed by atoms with Crippen LogP contribution in [0.3, 0.4) is 0 Å². The lowest BCUT2D eigenvalue weighted by molar-refractivity contribution is 0.279. The van der Waals surface area contributed by atoms with Crippen molar-refractivity contribution in [1.29, 1.82) is 5.26 Å². The summed E-state index contributed by atoms with van der Waals surface area (Å²) in [7, 11) is 4.11. The molecule has 0 unspecified atom stereocenters. The molecule has 0 aromatic heterocycles. The van der Waals surface area contributed by atoms with Crippen LogP contribution in [0.4, 0.5) is 0 Å². The van der Waals surface area contributed by atoms with Crippen molar-refractivity contribution in [3.63, 3.8) is 0 Å². The van der Waals surface area contributed by atoms with E-state index in [0.29, 0.717) is 12.2 Å². The highest BCUT2D eigenvalue weighted by atomic mass is 16.5. The van der Waals surface area contributed by atoms with Crippen molar-refractivity contribution in [2.24, 2.45) is 0 Å². The number of aryl methyl sites for hydroxylation is 2. The molecule has 0 heterocycles. The second kappa shape index (κ2) is 6.27. The standard InChI is InChI=1S/C14H20N2O/c1-11-8-13(10-15)9-12(2)14(11)17-7-5-6-16(3)4/h8-9H,5-7H2,1-4H3. The molecule has 1 rings (SSSR count). The van der Waals surface area contributed by atoms with E-state index in [9.17, 15) is 0 Å². The SMILES string of the molecule is Cc1cc(C#N)cc(C)c1OCCCN(C)C. The van der Waals surface area contributed by atoms with Crippen LogP contribution in [0.15, 0.2) is 12.1 Å². The van der Waals surface area contributed by atoms with E-state index in [0.717, 1.165) is 29.8 Å². The predicted molar refractivity (Wildman–Crippen MR) is 69.3 cm³/mol. The minimum Gasteiger partial charge on any atom is -0.493 e. The van der Waals surface area contributed by atoms with Gasteiger partial charge >= 0.3 is 0 Å². The van der Waals surface area contributed by atoms with Gasteiger partial charge in [0.05, 0.1) is 18.2 Å². The van der Waals surface area contributed by atoms with Gasteiger partial charge in [-0.15, -0.1) is 0 Å². The summed E-state index contributed by atoms with van der Waals surface area (Å²) in [5, 5.41) is 8.86. The van der Waals surface area contributed by atoms with Crippen molar-refractivity contribution in [2.75, 3.05) is 27.2 Å². The first-order chi connectivity index (χ1) is 8.04. The van der Waals surface area contributed by atoms with Gasteiger partial charge in [0.2, 0.25) is 0 Å². The third-order valence-electron chi connectivity index (χ3n) is 2.59. The molecule has 0 aliphatic rings. The topological polar surface area (TPSA) is 36.3 Å². The van der Waals surface area contributed by atoms with Crippen molar-refractivity contribution in [3.05, 3.63) is 28.8 Å². The van der Waals surface area contributed by atoms with E-state index in [-0.39, 0.29) is 0 Å².